The van der Waals surface area contributed by atoms with Crippen LogP contribution in [0.15, 0.2) is 205 Å². The topological polar surface area (TPSA) is 16.4 Å². The molecule has 11 rings (SSSR count). The normalized spacial score (nSPS) is 11.7. The molecule has 0 N–H and O–H groups in total. The molecule has 0 radical (unpaired) electrons. The number of benzene rings is 10. The summed E-state index contributed by atoms with van der Waals surface area (Å²) in [5.74, 6) is 0. The minimum atomic E-state index is 0.903. The van der Waals surface area contributed by atoms with E-state index in [1.807, 2.05) is 12.1 Å². The number of hydrogen-bond donors (Lipinski definition) is 0. The third kappa shape index (κ3) is 4.81. The van der Waals surface area contributed by atoms with Gasteiger partial charge in [-0.25, -0.2) is 0 Å². The number of rotatable bonds is 5. The van der Waals surface area contributed by atoms with Gasteiger partial charge in [0.1, 0.15) is 11.2 Å². The van der Waals surface area contributed by atoms with Crippen molar-refractivity contribution in [3.8, 4) is 22.3 Å². The summed E-state index contributed by atoms with van der Waals surface area (Å²) < 4.78 is 6.51. The second kappa shape index (κ2) is 12.2. The lowest BCUT2D eigenvalue weighted by molar-refractivity contribution is 0.670. The first-order valence-corrected chi connectivity index (χ1v) is 18.5. The SMILES string of the molecule is c1cc(-c2cccc3c2oc2ccccc23)cc(N(c2ccc(-c3cccc4c3ccc3ccccc34)cc2)c2cc3ccccc3c3ccccc23)c1. The van der Waals surface area contributed by atoms with Gasteiger partial charge in [0.05, 0.1) is 5.69 Å². The lowest BCUT2D eigenvalue weighted by Crippen LogP contribution is -2.11. The zero-order valence-corrected chi connectivity index (χ0v) is 29.4. The van der Waals surface area contributed by atoms with Gasteiger partial charge in [-0.15, -0.1) is 0 Å². The molecule has 2 heteroatoms. The predicted molar refractivity (Wildman–Crippen MR) is 229 cm³/mol. The van der Waals surface area contributed by atoms with Crippen LogP contribution in [-0.2, 0) is 0 Å². The fourth-order valence-electron chi connectivity index (χ4n) is 8.52. The van der Waals surface area contributed by atoms with Crippen LogP contribution in [0, 0.1) is 0 Å². The molecule has 0 aliphatic heterocycles. The van der Waals surface area contributed by atoms with Crippen LogP contribution in [0.3, 0.4) is 0 Å². The fourth-order valence-corrected chi connectivity index (χ4v) is 8.52. The minimum absolute atomic E-state index is 0.903. The molecule has 10 aromatic carbocycles. The molecule has 1 aromatic heterocycles. The van der Waals surface area contributed by atoms with Gasteiger partial charge in [-0.1, -0.05) is 164 Å². The zero-order chi connectivity index (χ0) is 35.6. The van der Waals surface area contributed by atoms with E-state index in [0.717, 1.165) is 50.1 Å². The van der Waals surface area contributed by atoms with Gasteiger partial charge >= 0.3 is 0 Å². The van der Waals surface area contributed by atoms with Crippen LogP contribution < -0.4 is 4.90 Å². The molecule has 0 saturated heterocycles. The molecular formula is C52H33NO. The van der Waals surface area contributed by atoms with Crippen LogP contribution in [0.1, 0.15) is 0 Å². The zero-order valence-electron chi connectivity index (χ0n) is 29.4. The lowest BCUT2D eigenvalue weighted by atomic mass is 9.94. The van der Waals surface area contributed by atoms with Crippen molar-refractivity contribution in [2.75, 3.05) is 4.90 Å². The Morgan fingerprint density at radius 2 is 0.926 bits per heavy atom. The highest BCUT2D eigenvalue weighted by atomic mass is 16.3. The maximum atomic E-state index is 6.51. The summed E-state index contributed by atoms with van der Waals surface area (Å²) in [5.41, 5.74) is 9.70. The van der Waals surface area contributed by atoms with Gasteiger partial charge in [0, 0.05) is 33.1 Å². The Labute approximate surface area is 312 Å². The molecule has 0 bridgehead atoms. The highest BCUT2D eigenvalue weighted by Gasteiger charge is 2.20. The van der Waals surface area contributed by atoms with Crippen LogP contribution in [0.5, 0.6) is 0 Å². The van der Waals surface area contributed by atoms with Crippen LogP contribution in [0.25, 0.3) is 87.3 Å². The van der Waals surface area contributed by atoms with Crippen molar-refractivity contribution in [1.29, 1.82) is 0 Å². The Morgan fingerprint density at radius 1 is 0.315 bits per heavy atom. The maximum absolute atomic E-state index is 6.51. The van der Waals surface area contributed by atoms with Crippen molar-refractivity contribution in [2.45, 2.75) is 0 Å². The van der Waals surface area contributed by atoms with E-state index in [9.17, 15) is 0 Å². The molecule has 252 valence electrons. The highest BCUT2D eigenvalue weighted by Crippen LogP contribution is 2.44. The first-order valence-electron chi connectivity index (χ1n) is 18.5. The first kappa shape index (κ1) is 30.5. The van der Waals surface area contributed by atoms with Gasteiger partial charge < -0.3 is 9.32 Å². The van der Waals surface area contributed by atoms with E-state index in [-0.39, 0.29) is 0 Å². The Balaban J connectivity index is 1.11. The fraction of sp³-hybridized carbons (Fsp3) is 0. The van der Waals surface area contributed by atoms with Gasteiger partial charge in [0.25, 0.3) is 0 Å². The average Bonchev–Trinajstić information content (AvgIpc) is 3.63. The van der Waals surface area contributed by atoms with Crippen LogP contribution in [-0.4, -0.2) is 0 Å². The monoisotopic (exact) mass is 687 g/mol. The average molecular weight is 688 g/mol. The van der Waals surface area contributed by atoms with Crippen molar-refractivity contribution >= 4 is 82.1 Å². The van der Waals surface area contributed by atoms with Crippen molar-refractivity contribution in [3.63, 3.8) is 0 Å². The molecule has 0 unspecified atom stereocenters. The van der Waals surface area contributed by atoms with E-state index in [0.29, 0.717) is 0 Å². The predicted octanol–water partition coefficient (Wildman–Crippen LogP) is 15.0. The smallest absolute Gasteiger partial charge is 0.143 e. The second-order valence-corrected chi connectivity index (χ2v) is 14.1. The molecule has 1 heterocycles. The second-order valence-electron chi connectivity index (χ2n) is 14.1. The van der Waals surface area contributed by atoms with Gasteiger partial charge in [-0.2, -0.15) is 0 Å². The van der Waals surface area contributed by atoms with Crippen LogP contribution in [0.4, 0.5) is 17.1 Å². The van der Waals surface area contributed by atoms with E-state index in [1.54, 1.807) is 0 Å². The van der Waals surface area contributed by atoms with Crippen molar-refractivity contribution < 1.29 is 4.42 Å². The standard InChI is InChI=1S/C52H33NO/c1-3-16-40-34(12-1)28-31-46-41(21-10-23-44(40)46)35-26-29-38(30-27-35)53(50-33-37-13-2-4-17-42(37)45-18-5-6-19-47(45)50)39-15-9-14-36(32-39)43-22-11-24-49-48-20-7-8-25-51(48)54-52(43)49/h1-33H. The third-order valence-corrected chi connectivity index (χ3v) is 11.0. The Bertz CT molecular complexity index is 3230. The Hall–Kier alpha value is -7.16. The lowest BCUT2D eigenvalue weighted by Gasteiger charge is -2.28. The van der Waals surface area contributed by atoms with E-state index in [2.05, 4.69) is 193 Å². The van der Waals surface area contributed by atoms with Crippen molar-refractivity contribution in [2.24, 2.45) is 0 Å². The van der Waals surface area contributed by atoms with Crippen molar-refractivity contribution in [1.82, 2.24) is 0 Å². The number of fused-ring (bicyclic) bond motifs is 9. The largest absolute Gasteiger partial charge is 0.455 e. The molecule has 2 nitrogen and oxygen atoms in total. The van der Waals surface area contributed by atoms with Crippen LogP contribution >= 0.6 is 0 Å². The molecule has 0 saturated carbocycles. The first-order chi connectivity index (χ1) is 26.8. The molecule has 11 aromatic rings. The minimum Gasteiger partial charge on any atom is -0.455 e. The number of anilines is 3. The number of furan rings is 1. The van der Waals surface area contributed by atoms with E-state index >= 15 is 0 Å². The third-order valence-electron chi connectivity index (χ3n) is 11.0. The van der Waals surface area contributed by atoms with E-state index in [4.69, 9.17) is 4.42 Å². The summed E-state index contributed by atoms with van der Waals surface area (Å²) >= 11 is 0. The highest BCUT2D eigenvalue weighted by molar-refractivity contribution is 6.15. The molecule has 54 heavy (non-hydrogen) atoms. The summed E-state index contributed by atoms with van der Waals surface area (Å²) in [6, 6.07) is 72.3. The Morgan fingerprint density at radius 3 is 1.76 bits per heavy atom. The van der Waals surface area contributed by atoms with E-state index in [1.165, 1.54) is 54.2 Å². The molecule has 0 fully saturated rings. The van der Waals surface area contributed by atoms with Gasteiger partial charge in [0.2, 0.25) is 0 Å². The summed E-state index contributed by atoms with van der Waals surface area (Å²) in [4.78, 5) is 2.41. The molecule has 0 atom stereocenters. The van der Waals surface area contributed by atoms with Gasteiger partial charge in [-0.05, 0) is 90.8 Å². The van der Waals surface area contributed by atoms with E-state index < -0.39 is 0 Å². The summed E-state index contributed by atoms with van der Waals surface area (Å²) in [5, 5.41) is 12.2. The van der Waals surface area contributed by atoms with Crippen LogP contribution in [0.2, 0.25) is 0 Å². The molecule has 0 amide bonds. The van der Waals surface area contributed by atoms with Gasteiger partial charge in [0.15, 0.2) is 0 Å². The number of hydrogen-bond acceptors (Lipinski definition) is 2. The molecular weight excluding hydrogens is 655 g/mol. The Kier molecular flexibility index (Phi) is 6.90. The summed E-state index contributed by atoms with van der Waals surface area (Å²) in [7, 11) is 0. The van der Waals surface area contributed by atoms with Crippen molar-refractivity contribution in [3.05, 3.63) is 200 Å². The number of para-hydroxylation sites is 2. The van der Waals surface area contributed by atoms with Gasteiger partial charge in [-0.3, -0.25) is 0 Å². The maximum Gasteiger partial charge on any atom is 0.143 e. The summed E-state index contributed by atoms with van der Waals surface area (Å²) in [6.45, 7) is 0. The quantitative estimate of drug-likeness (QED) is 0.168. The molecule has 0 aliphatic rings. The summed E-state index contributed by atoms with van der Waals surface area (Å²) in [6.07, 6.45) is 0. The number of nitrogens with zero attached hydrogens (tertiary/aromatic N) is 1. The molecule has 0 aliphatic carbocycles. The molecule has 0 spiro atoms.